The van der Waals surface area contributed by atoms with Gasteiger partial charge in [-0.2, -0.15) is 0 Å². The molecule has 1 fully saturated rings. The van der Waals surface area contributed by atoms with Crippen LogP contribution < -0.4 is 10.6 Å². The third-order valence-corrected chi connectivity index (χ3v) is 4.42. The van der Waals surface area contributed by atoms with Crippen molar-refractivity contribution in [1.82, 2.24) is 10.6 Å². The van der Waals surface area contributed by atoms with Crippen LogP contribution in [0.5, 0.6) is 0 Å². The number of benzene rings is 1. The minimum atomic E-state index is -1.12. The SMILES string of the molecule is CC(NC(=O)O)c1ccc(C(=O)NC2CCC(O)CC2)c(Cl)c1. The van der Waals surface area contributed by atoms with E-state index in [0.717, 1.165) is 12.8 Å². The first-order chi connectivity index (χ1) is 10.9. The molecule has 126 valence electrons. The smallest absolute Gasteiger partial charge is 0.405 e. The molecule has 1 aliphatic rings. The summed E-state index contributed by atoms with van der Waals surface area (Å²) in [6, 6.07) is 4.52. The van der Waals surface area contributed by atoms with Crippen molar-refractivity contribution >= 4 is 23.6 Å². The zero-order valence-corrected chi connectivity index (χ0v) is 13.6. The number of amides is 2. The highest BCUT2D eigenvalue weighted by Gasteiger charge is 2.22. The molecule has 1 aromatic carbocycles. The van der Waals surface area contributed by atoms with E-state index in [0.29, 0.717) is 24.0 Å². The molecule has 0 aliphatic heterocycles. The average molecular weight is 341 g/mol. The van der Waals surface area contributed by atoms with Gasteiger partial charge in [-0.15, -0.1) is 0 Å². The summed E-state index contributed by atoms with van der Waals surface area (Å²) in [6.45, 7) is 1.70. The zero-order chi connectivity index (χ0) is 17.0. The van der Waals surface area contributed by atoms with Gasteiger partial charge in [-0.05, 0) is 50.3 Å². The number of rotatable bonds is 4. The molecule has 0 radical (unpaired) electrons. The Morgan fingerprint density at radius 3 is 2.48 bits per heavy atom. The molecule has 0 spiro atoms. The summed E-state index contributed by atoms with van der Waals surface area (Å²) < 4.78 is 0. The second kappa shape index (κ2) is 7.66. The van der Waals surface area contributed by atoms with E-state index in [1.54, 1.807) is 25.1 Å². The summed E-state index contributed by atoms with van der Waals surface area (Å²) in [7, 11) is 0. The van der Waals surface area contributed by atoms with Gasteiger partial charge in [0.1, 0.15) is 0 Å². The second-order valence-electron chi connectivity index (χ2n) is 5.89. The van der Waals surface area contributed by atoms with Crippen molar-refractivity contribution in [3.8, 4) is 0 Å². The molecular formula is C16H21ClN2O4. The van der Waals surface area contributed by atoms with Crippen molar-refractivity contribution in [3.05, 3.63) is 34.3 Å². The van der Waals surface area contributed by atoms with Crippen LogP contribution in [0.3, 0.4) is 0 Å². The van der Waals surface area contributed by atoms with Crippen LogP contribution in [0, 0.1) is 0 Å². The normalized spacial score (nSPS) is 22.2. The topological polar surface area (TPSA) is 98.7 Å². The molecule has 2 rings (SSSR count). The molecular weight excluding hydrogens is 320 g/mol. The Kier molecular flexibility index (Phi) is 5.85. The maximum Gasteiger partial charge on any atom is 0.405 e. The van der Waals surface area contributed by atoms with Gasteiger partial charge in [0.25, 0.3) is 5.91 Å². The van der Waals surface area contributed by atoms with Crippen LogP contribution in [0.2, 0.25) is 5.02 Å². The molecule has 1 atom stereocenters. The largest absolute Gasteiger partial charge is 0.465 e. The summed E-state index contributed by atoms with van der Waals surface area (Å²) in [6.07, 6.45) is 1.50. The van der Waals surface area contributed by atoms with Crippen LogP contribution in [-0.4, -0.2) is 34.4 Å². The lowest BCUT2D eigenvalue weighted by molar-refractivity contribution is 0.0867. The maximum absolute atomic E-state index is 12.3. The van der Waals surface area contributed by atoms with Gasteiger partial charge >= 0.3 is 6.09 Å². The van der Waals surface area contributed by atoms with Gasteiger partial charge in [0.2, 0.25) is 0 Å². The van der Waals surface area contributed by atoms with Crippen LogP contribution in [0.25, 0.3) is 0 Å². The Balaban J connectivity index is 2.02. The second-order valence-corrected chi connectivity index (χ2v) is 6.30. The van der Waals surface area contributed by atoms with Gasteiger partial charge in [-0.25, -0.2) is 4.79 Å². The molecule has 1 aliphatic carbocycles. The molecule has 4 N–H and O–H groups in total. The van der Waals surface area contributed by atoms with E-state index in [-0.39, 0.29) is 23.1 Å². The molecule has 6 nitrogen and oxygen atoms in total. The van der Waals surface area contributed by atoms with Gasteiger partial charge in [0, 0.05) is 6.04 Å². The van der Waals surface area contributed by atoms with Gasteiger partial charge in [0.05, 0.1) is 22.7 Å². The van der Waals surface area contributed by atoms with E-state index in [2.05, 4.69) is 10.6 Å². The average Bonchev–Trinajstić information content (AvgIpc) is 2.48. The quantitative estimate of drug-likeness (QED) is 0.677. The van der Waals surface area contributed by atoms with E-state index in [9.17, 15) is 14.7 Å². The zero-order valence-electron chi connectivity index (χ0n) is 12.9. The molecule has 0 saturated heterocycles. The molecule has 2 amide bonds. The fraction of sp³-hybridized carbons (Fsp3) is 0.500. The lowest BCUT2D eigenvalue weighted by Crippen LogP contribution is -2.38. The molecule has 1 saturated carbocycles. The van der Waals surface area contributed by atoms with E-state index in [4.69, 9.17) is 16.7 Å². The van der Waals surface area contributed by atoms with Crippen molar-refractivity contribution in [2.45, 2.75) is 50.8 Å². The van der Waals surface area contributed by atoms with E-state index in [1.807, 2.05) is 0 Å². The Morgan fingerprint density at radius 2 is 1.91 bits per heavy atom. The Morgan fingerprint density at radius 1 is 1.26 bits per heavy atom. The standard InChI is InChI=1S/C16H21ClN2O4/c1-9(18-16(22)23)10-2-7-13(14(17)8-10)15(21)19-11-3-5-12(20)6-4-11/h2,7-9,11-12,18,20H,3-6H2,1H3,(H,19,21)(H,22,23). The predicted molar refractivity (Wildman–Crippen MR) is 86.8 cm³/mol. The van der Waals surface area contributed by atoms with Gasteiger partial charge in [-0.1, -0.05) is 17.7 Å². The fourth-order valence-corrected chi connectivity index (χ4v) is 3.01. The summed E-state index contributed by atoms with van der Waals surface area (Å²) in [5.41, 5.74) is 1.05. The molecule has 0 bridgehead atoms. The number of aliphatic hydroxyl groups is 1. The first-order valence-corrected chi connectivity index (χ1v) is 8.02. The Hall–Kier alpha value is -1.79. The number of halogens is 1. The molecule has 7 heteroatoms. The van der Waals surface area contributed by atoms with Crippen LogP contribution in [0.15, 0.2) is 18.2 Å². The highest BCUT2D eigenvalue weighted by Crippen LogP contribution is 2.23. The van der Waals surface area contributed by atoms with Crippen LogP contribution in [0.4, 0.5) is 4.79 Å². The summed E-state index contributed by atoms with van der Waals surface area (Å²) in [4.78, 5) is 23.0. The van der Waals surface area contributed by atoms with Gasteiger partial charge < -0.3 is 20.8 Å². The Labute approximate surface area is 139 Å². The summed E-state index contributed by atoms with van der Waals surface area (Å²) >= 11 is 6.17. The van der Waals surface area contributed by atoms with Crippen LogP contribution in [0.1, 0.15) is 54.6 Å². The van der Waals surface area contributed by atoms with Crippen molar-refractivity contribution in [2.75, 3.05) is 0 Å². The number of carboxylic acid groups (broad SMARTS) is 1. The van der Waals surface area contributed by atoms with Crippen molar-refractivity contribution in [3.63, 3.8) is 0 Å². The lowest BCUT2D eigenvalue weighted by Gasteiger charge is -2.26. The highest BCUT2D eigenvalue weighted by atomic mass is 35.5. The lowest BCUT2D eigenvalue weighted by atomic mass is 9.93. The summed E-state index contributed by atoms with van der Waals surface area (Å²) in [5, 5.41) is 23.8. The minimum Gasteiger partial charge on any atom is -0.465 e. The predicted octanol–water partition coefficient (Wildman–Crippen LogP) is 2.70. The first-order valence-electron chi connectivity index (χ1n) is 7.64. The van der Waals surface area contributed by atoms with Crippen LogP contribution >= 0.6 is 11.6 Å². The third-order valence-electron chi connectivity index (χ3n) is 4.11. The van der Waals surface area contributed by atoms with E-state index < -0.39 is 12.1 Å². The van der Waals surface area contributed by atoms with Crippen molar-refractivity contribution in [1.29, 1.82) is 0 Å². The Bertz CT molecular complexity index is 585. The van der Waals surface area contributed by atoms with Gasteiger partial charge in [0.15, 0.2) is 0 Å². The number of carbonyl (C=O) groups excluding carboxylic acids is 1. The van der Waals surface area contributed by atoms with E-state index >= 15 is 0 Å². The minimum absolute atomic E-state index is 0.0502. The van der Waals surface area contributed by atoms with Gasteiger partial charge in [-0.3, -0.25) is 4.79 Å². The number of hydrogen-bond donors (Lipinski definition) is 4. The molecule has 1 unspecified atom stereocenters. The molecule has 1 aromatic rings. The first kappa shape index (κ1) is 17.6. The van der Waals surface area contributed by atoms with Crippen LogP contribution in [-0.2, 0) is 0 Å². The van der Waals surface area contributed by atoms with Crippen molar-refractivity contribution < 1.29 is 19.8 Å². The third kappa shape index (κ3) is 4.84. The number of aliphatic hydroxyl groups excluding tert-OH is 1. The molecule has 0 heterocycles. The molecule has 0 aromatic heterocycles. The fourth-order valence-electron chi connectivity index (χ4n) is 2.74. The van der Waals surface area contributed by atoms with E-state index in [1.165, 1.54) is 0 Å². The number of hydrogen-bond acceptors (Lipinski definition) is 3. The maximum atomic E-state index is 12.3. The monoisotopic (exact) mass is 340 g/mol. The van der Waals surface area contributed by atoms with Crippen molar-refractivity contribution in [2.24, 2.45) is 0 Å². The number of carbonyl (C=O) groups is 2. The summed E-state index contributed by atoms with van der Waals surface area (Å²) in [5.74, 6) is -0.248. The molecule has 23 heavy (non-hydrogen) atoms. The number of nitrogens with one attached hydrogen (secondary N) is 2. The highest BCUT2D eigenvalue weighted by molar-refractivity contribution is 6.33.